The lowest BCUT2D eigenvalue weighted by atomic mass is 10.0. The minimum absolute atomic E-state index is 0.190. The minimum atomic E-state index is 0.190. The second kappa shape index (κ2) is 8.65. The van der Waals surface area contributed by atoms with Gasteiger partial charge >= 0.3 is 0 Å². The van der Waals surface area contributed by atoms with Gasteiger partial charge in [0.15, 0.2) is 5.16 Å². The van der Waals surface area contributed by atoms with Crippen LogP contribution in [0.1, 0.15) is 41.4 Å². The number of carbonyl (C=O) groups excluding carboxylic acids is 1. The van der Waals surface area contributed by atoms with Crippen molar-refractivity contribution < 1.29 is 4.79 Å². The zero-order valence-electron chi connectivity index (χ0n) is 16.1. The van der Waals surface area contributed by atoms with E-state index in [9.17, 15) is 4.79 Å². The Bertz CT molecular complexity index is 924. The van der Waals surface area contributed by atoms with E-state index >= 15 is 0 Å². The summed E-state index contributed by atoms with van der Waals surface area (Å²) in [6.07, 6.45) is 2.92. The van der Waals surface area contributed by atoms with Crippen LogP contribution >= 0.6 is 11.8 Å². The van der Waals surface area contributed by atoms with Crippen molar-refractivity contribution in [3.63, 3.8) is 0 Å². The fraction of sp³-hybridized carbons (Fsp3) is 0.304. The Hall–Kier alpha value is -2.53. The SMILES string of the molecule is Cc1[nH]c(SCC(=O)N2CCC[C@@H]2c2ccccc2)nc1Cc1ccccc1. The lowest BCUT2D eigenvalue weighted by Gasteiger charge is -2.24. The maximum Gasteiger partial charge on any atom is 0.233 e. The smallest absolute Gasteiger partial charge is 0.233 e. The maximum absolute atomic E-state index is 12.8. The van der Waals surface area contributed by atoms with Gasteiger partial charge in [-0.25, -0.2) is 4.98 Å². The van der Waals surface area contributed by atoms with Gasteiger partial charge in [0.25, 0.3) is 0 Å². The second-order valence-electron chi connectivity index (χ2n) is 7.22. The first kappa shape index (κ1) is 18.8. The number of aryl methyl sites for hydroxylation is 1. The monoisotopic (exact) mass is 391 g/mol. The van der Waals surface area contributed by atoms with Crippen LogP contribution in [0.3, 0.4) is 0 Å². The molecule has 28 heavy (non-hydrogen) atoms. The zero-order valence-corrected chi connectivity index (χ0v) is 16.9. The molecule has 0 radical (unpaired) electrons. The maximum atomic E-state index is 12.8. The summed E-state index contributed by atoms with van der Waals surface area (Å²) in [6.45, 7) is 2.89. The number of aromatic amines is 1. The predicted molar refractivity (Wildman–Crippen MR) is 113 cm³/mol. The molecule has 2 heterocycles. The van der Waals surface area contributed by atoms with Crippen LogP contribution in [0.15, 0.2) is 65.8 Å². The average Bonchev–Trinajstić information content (AvgIpc) is 3.35. The number of likely N-dealkylation sites (tertiary alicyclic amines) is 1. The van der Waals surface area contributed by atoms with E-state index < -0.39 is 0 Å². The number of nitrogens with zero attached hydrogens (tertiary/aromatic N) is 2. The average molecular weight is 392 g/mol. The highest BCUT2D eigenvalue weighted by Gasteiger charge is 2.29. The number of nitrogens with one attached hydrogen (secondary N) is 1. The number of rotatable bonds is 6. The van der Waals surface area contributed by atoms with Gasteiger partial charge in [0.1, 0.15) is 0 Å². The van der Waals surface area contributed by atoms with Gasteiger partial charge in [-0.15, -0.1) is 0 Å². The van der Waals surface area contributed by atoms with E-state index in [0.717, 1.165) is 42.4 Å². The Kier molecular flexibility index (Phi) is 5.81. The summed E-state index contributed by atoms with van der Waals surface area (Å²) in [5.41, 5.74) is 4.59. The van der Waals surface area contributed by atoms with Crippen molar-refractivity contribution in [2.24, 2.45) is 0 Å². The van der Waals surface area contributed by atoms with Crippen molar-refractivity contribution in [2.75, 3.05) is 12.3 Å². The fourth-order valence-corrected chi connectivity index (χ4v) is 4.62. The molecule has 0 aliphatic carbocycles. The molecule has 3 aromatic rings. The summed E-state index contributed by atoms with van der Waals surface area (Å²) in [6, 6.07) is 20.9. The molecule has 1 fully saturated rings. The van der Waals surface area contributed by atoms with E-state index in [1.54, 1.807) is 0 Å². The van der Waals surface area contributed by atoms with Crippen LogP contribution in [-0.2, 0) is 11.2 Å². The van der Waals surface area contributed by atoms with Gasteiger partial charge in [-0.05, 0) is 30.9 Å². The Morgan fingerprint density at radius 1 is 1.14 bits per heavy atom. The van der Waals surface area contributed by atoms with Gasteiger partial charge < -0.3 is 9.88 Å². The molecule has 0 spiro atoms. The summed E-state index contributed by atoms with van der Waals surface area (Å²) in [5.74, 6) is 0.608. The highest BCUT2D eigenvalue weighted by Crippen LogP contribution is 2.32. The third kappa shape index (κ3) is 4.30. The van der Waals surface area contributed by atoms with Crippen LogP contribution < -0.4 is 0 Å². The van der Waals surface area contributed by atoms with E-state index in [1.807, 2.05) is 48.2 Å². The fourth-order valence-electron chi connectivity index (χ4n) is 3.80. The number of thioether (sulfide) groups is 1. The van der Waals surface area contributed by atoms with Crippen LogP contribution in [0.25, 0.3) is 0 Å². The topological polar surface area (TPSA) is 49.0 Å². The molecule has 1 atom stereocenters. The molecule has 0 saturated carbocycles. The summed E-state index contributed by atoms with van der Waals surface area (Å²) in [5, 5.41) is 0.826. The number of hydrogen-bond acceptors (Lipinski definition) is 3. The molecule has 4 rings (SSSR count). The number of H-pyrrole nitrogens is 1. The number of imidazole rings is 1. The van der Waals surface area contributed by atoms with Crippen LogP contribution in [0, 0.1) is 6.92 Å². The number of hydrogen-bond donors (Lipinski definition) is 1. The van der Waals surface area contributed by atoms with Crippen LogP contribution in [0.2, 0.25) is 0 Å². The lowest BCUT2D eigenvalue weighted by Crippen LogP contribution is -2.31. The second-order valence-corrected chi connectivity index (χ2v) is 8.18. The molecule has 144 valence electrons. The first-order chi connectivity index (χ1) is 13.7. The molecule has 1 aromatic heterocycles. The molecule has 4 nitrogen and oxygen atoms in total. The lowest BCUT2D eigenvalue weighted by molar-refractivity contribution is -0.129. The van der Waals surface area contributed by atoms with E-state index in [2.05, 4.69) is 29.2 Å². The summed E-state index contributed by atoms with van der Waals surface area (Å²) < 4.78 is 0. The van der Waals surface area contributed by atoms with E-state index in [-0.39, 0.29) is 11.9 Å². The number of aromatic nitrogens is 2. The van der Waals surface area contributed by atoms with Crippen LogP contribution in [0.5, 0.6) is 0 Å². The van der Waals surface area contributed by atoms with Crippen LogP contribution in [-0.4, -0.2) is 33.1 Å². The van der Waals surface area contributed by atoms with Gasteiger partial charge in [-0.2, -0.15) is 0 Å². The molecular weight excluding hydrogens is 366 g/mol. The Balaban J connectivity index is 1.38. The quantitative estimate of drug-likeness (QED) is 0.616. The number of benzene rings is 2. The van der Waals surface area contributed by atoms with Crippen molar-refractivity contribution >= 4 is 17.7 Å². The zero-order chi connectivity index (χ0) is 19.3. The van der Waals surface area contributed by atoms with Crippen molar-refractivity contribution in [3.8, 4) is 0 Å². The Labute approximate surface area is 170 Å². The molecule has 1 amide bonds. The van der Waals surface area contributed by atoms with Crippen molar-refractivity contribution in [1.29, 1.82) is 0 Å². The first-order valence-corrected chi connectivity index (χ1v) is 10.8. The molecule has 1 saturated heterocycles. The molecular formula is C23H25N3OS. The number of carbonyl (C=O) groups is 1. The summed E-state index contributed by atoms with van der Waals surface area (Å²) in [4.78, 5) is 22.9. The summed E-state index contributed by atoms with van der Waals surface area (Å²) in [7, 11) is 0. The van der Waals surface area contributed by atoms with Gasteiger partial charge in [0.05, 0.1) is 17.5 Å². The normalized spacial score (nSPS) is 16.5. The van der Waals surface area contributed by atoms with Gasteiger partial charge in [0, 0.05) is 18.7 Å². The highest BCUT2D eigenvalue weighted by atomic mass is 32.2. The Morgan fingerprint density at radius 3 is 2.61 bits per heavy atom. The summed E-state index contributed by atoms with van der Waals surface area (Å²) >= 11 is 1.50. The van der Waals surface area contributed by atoms with E-state index in [1.165, 1.54) is 22.9 Å². The molecule has 2 aromatic carbocycles. The minimum Gasteiger partial charge on any atom is -0.337 e. The van der Waals surface area contributed by atoms with Gasteiger partial charge in [-0.3, -0.25) is 4.79 Å². The van der Waals surface area contributed by atoms with E-state index in [4.69, 9.17) is 4.98 Å². The van der Waals surface area contributed by atoms with E-state index in [0.29, 0.717) is 5.75 Å². The first-order valence-electron chi connectivity index (χ1n) is 9.77. The molecule has 1 aliphatic heterocycles. The largest absolute Gasteiger partial charge is 0.337 e. The molecule has 0 unspecified atom stereocenters. The van der Waals surface area contributed by atoms with Gasteiger partial charge in [-0.1, -0.05) is 72.4 Å². The van der Waals surface area contributed by atoms with Crippen molar-refractivity contribution in [1.82, 2.24) is 14.9 Å². The molecule has 1 aliphatic rings. The van der Waals surface area contributed by atoms with Crippen LogP contribution in [0.4, 0.5) is 0 Å². The molecule has 1 N–H and O–H groups in total. The highest BCUT2D eigenvalue weighted by molar-refractivity contribution is 7.99. The predicted octanol–water partition coefficient (Wildman–Crippen LogP) is 4.76. The van der Waals surface area contributed by atoms with Crippen molar-refractivity contribution in [2.45, 2.75) is 37.4 Å². The van der Waals surface area contributed by atoms with Gasteiger partial charge in [0.2, 0.25) is 5.91 Å². The van der Waals surface area contributed by atoms with Crippen molar-refractivity contribution in [3.05, 3.63) is 83.2 Å². The third-order valence-electron chi connectivity index (χ3n) is 5.27. The molecule has 0 bridgehead atoms. The number of amides is 1. The molecule has 5 heteroatoms. The standard InChI is InChI=1S/C23H25N3OS/c1-17-20(15-18-9-4-2-5-10-18)25-23(24-17)28-16-22(27)26-14-8-13-21(26)19-11-6-3-7-12-19/h2-7,9-12,21H,8,13-16H2,1H3,(H,24,25)/t21-/m1/s1. The Morgan fingerprint density at radius 2 is 1.86 bits per heavy atom. The third-order valence-corrected chi connectivity index (χ3v) is 6.13.